The monoisotopic (exact) mass is 510 g/mol. The molecule has 2 saturated heterocycles. The Bertz CT molecular complexity index is 1060. The maximum atomic E-state index is 9.73. The van der Waals surface area contributed by atoms with Crippen LogP contribution in [0.25, 0.3) is 11.3 Å². The number of hydrogen-bond acceptors (Lipinski definition) is 8. The Kier molecular flexibility index (Phi) is 8.22. The van der Waals surface area contributed by atoms with E-state index in [0.717, 1.165) is 81.1 Å². The molecule has 3 aliphatic rings. The lowest BCUT2D eigenvalue weighted by Gasteiger charge is -2.31. The molecule has 36 heavy (non-hydrogen) atoms. The van der Waals surface area contributed by atoms with Crippen LogP contribution in [0.5, 0.6) is 0 Å². The van der Waals surface area contributed by atoms with Crippen molar-refractivity contribution in [3.05, 3.63) is 35.5 Å². The molecule has 8 nitrogen and oxygen atoms in total. The largest absolute Gasteiger partial charge is 0.381 e. The zero-order valence-corrected chi connectivity index (χ0v) is 21.4. The number of anilines is 2. The zero-order chi connectivity index (χ0) is 24.8. The third-order valence-electron chi connectivity index (χ3n) is 7.66. The van der Waals surface area contributed by atoms with Gasteiger partial charge in [-0.2, -0.15) is 5.26 Å². The fraction of sp³-hybridized carbons (Fsp3) is 0.593. The molecule has 9 heteroatoms. The third kappa shape index (κ3) is 6.27. The van der Waals surface area contributed by atoms with Crippen molar-refractivity contribution in [1.82, 2.24) is 15.3 Å². The molecule has 0 amide bonds. The molecule has 2 aliphatic heterocycles. The summed E-state index contributed by atoms with van der Waals surface area (Å²) in [5, 5.41) is 21.0. The molecule has 3 N–H and O–H groups in total. The molecule has 1 aliphatic carbocycles. The standard InChI is InChI=1S/C27H35ClN6O2/c28-23-15-30-26(33-20-6-4-19(5-7-20)32-21-8-11-36-16-21)14-22(23)24-2-1-3-25(34-24)31-18-27(17-29)9-12-35-13-10-27/h1-3,14-15,19-21,32H,4-13,16,18H2,(H,30,33)(H,31,34)/t19-,20-,21?. The van der Waals surface area contributed by atoms with Crippen LogP contribution in [0.4, 0.5) is 11.6 Å². The minimum Gasteiger partial charge on any atom is -0.381 e. The van der Waals surface area contributed by atoms with Crippen LogP contribution in [0.3, 0.4) is 0 Å². The number of hydrogen-bond donors (Lipinski definition) is 3. The van der Waals surface area contributed by atoms with Gasteiger partial charge in [0.2, 0.25) is 0 Å². The van der Waals surface area contributed by atoms with Crippen molar-refractivity contribution in [3.8, 4) is 17.3 Å². The first kappa shape index (κ1) is 25.2. The van der Waals surface area contributed by atoms with E-state index in [1.807, 2.05) is 24.3 Å². The summed E-state index contributed by atoms with van der Waals surface area (Å²) >= 11 is 6.54. The van der Waals surface area contributed by atoms with Crippen molar-refractivity contribution in [1.29, 1.82) is 5.26 Å². The van der Waals surface area contributed by atoms with E-state index in [-0.39, 0.29) is 0 Å². The van der Waals surface area contributed by atoms with Crippen LogP contribution in [0, 0.1) is 16.7 Å². The number of ether oxygens (including phenoxy) is 2. The first-order valence-electron chi connectivity index (χ1n) is 13.1. The average Bonchev–Trinajstić information content (AvgIpc) is 3.43. The fourth-order valence-corrected chi connectivity index (χ4v) is 5.56. The van der Waals surface area contributed by atoms with Crippen LogP contribution in [0.1, 0.15) is 44.9 Å². The maximum absolute atomic E-state index is 9.73. The zero-order valence-electron chi connectivity index (χ0n) is 20.6. The highest BCUT2D eigenvalue weighted by Crippen LogP contribution is 2.32. The summed E-state index contributed by atoms with van der Waals surface area (Å²) in [4.78, 5) is 9.32. The van der Waals surface area contributed by atoms with Gasteiger partial charge in [0.1, 0.15) is 11.6 Å². The number of pyridine rings is 2. The Morgan fingerprint density at radius 1 is 1.00 bits per heavy atom. The number of nitriles is 1. The van der Waals surface area contributed by atoms with E-state index in [4.69, 9.17) is 26.1 Å². The minimum absolute atomic E-state index is 0.395. The van der Waals surface area contributed by atoms with Crippen LogP contribution in [0.2, 0.25) is 5.02 Å². The molecule has 0 radical (unpaired) electrons. The van der Waals surface area contributed by atoms with Gasteiger partial charge in [-0.3, -0.25) is 0 Å². The van der Waals surface area contributed by atoms with Gasteiger partial charge in [0.05, 0.1) is 28.8 Å². The van der Waals surface area contributed by atoms with Crippen molar-refractivity contribution in [2.45, 2.75) is 63.1 Å². The highest BCUT2D eigenvalue weighted by molar-refractivity contribution is 6.33. The lowest BCUT2D eigenvalue weighted by Crippen LogP contribution is -2.42. The van der Waals surface area contributed by atoms with E-state index in [1.54, 1.807) is 6.20 Å². The van der Waals surface area contributed by atoms with E-state index in [2.05, 4.69) is 27.0 Å². The molecule has 2 aromatic heterocycles. The average molecular weight is 511 g/mol. The summed E-state index contributed by atoms with van der Waals surface area (Å²) in [7, 11) is 0. The van der Waals surface area contributed by atoms with Gasteiger partial charge in [0, 0.05) is 56.3 Å². The predicted molar refractivity (Wildman–Crippen MR) is 141 cm³/mol. The van der Waals surface area contributed by atoms with Gasteiger partial charge in [-0.1, -0.05) is 17.7 Å². The van der Waals surface area contributed by atoms with Crippen molar-refractivity contribution in [2.75, 3.05) is 43.6 Å². The van der Waals surface area contributed by atoms with E-state index >= 15 is 0 Å². The van der Waals surface area contributed by atoms with Crippen LogP contribution in [-0.2, 0) is 9.47 Å². The Hall–Kier alpha value is -2.44. The van der Waals surface area contributed by atoms with Crippen LogP contribution in [-0.4, -0.2) is 61.1 Å². The van der Waals surface area contributed by atoms with E-state index in [0.29, 0.717) is 42.9 Å². The number of aromatic nitrogens is 2. The van der Waals surface area contributed by atoms with Crippen molar-refractivity contribution in [2.24, 2.45) is 5.41 Å². The second-order valence-electron chi connectivity index (χ2n) is 10.2. The molecule has 4 heterocycles. The molecular weight excluding hydrogens is 476 g/mol. The van der Waals surface area contributed by atoms with Gasteiger partial charge in [0.15, 0.2) is 0 Å². The molecule has 1 saturated carbocycles. The highest BCUT2D eigenvalue weighted by atomic mass is 35.5. The lowest BCUT2D eigenvalue weighted by molar-refractivity contribution is 0.0455. The quantitative estimate of drug-likeness (QED) is 0.472. The van der Waals surface area contributed by atoms with E-state index < -0.39 is 5.41 Å². The van der Waals surface area contributed by atoms with Gasteiger partial charge in [0.25, 0.3) is 0 Å². The summed E-state index contributed by atoms with van der Waals surface area (Å²) in [6, 6.07) is 11.8. The number of nitrogens with one attached hydrogen (secondary N) is 3. The SMILES string of the molecule is N#CC1(CNc2cccc(-c3cc(N[C@H]4CC[C@H](NC5CCOC5)CC4)ncc3Cl)n2)CCOCC1. The minimum atomic E-state index is -0.416. The maximum Gasteiger partial charge on any atom is 0.126 e. The number of halogens is 1. The molecule has 0 aromatic carbocycles. The molecule has 0 bridgehead atoms. The van der Waals surface area contributed by atoms with Crippen molar-refractivity contribution in [3.63, 3.8) is 0 Å². The molecule has 2 aromatic rings. The Morgan fingerprint density at radius 2 is 1.81 bits per heavy atom. The predicted octanol–water partition coefficient (Wildman–Crippen LogP) is 4.63. The molecular formula is C27H35ClN6O2. The summed E-state index contributed by atoms with van der Waals surface area (Å²) in [6.45, 7) is 3.51. The van der Waals surface area contributed by atoms with Gasteiger partial charge < -0.3 is 25.4 Å². The summed E-state index contributed by atoms with van der Waals surface area (Å²) in [6.07, 6.45) is 8.79. The summed E-state index contributed by atoms with van der Waals surface area (Å²) in [5.41, 5.74) is 1.20. The molecule has 5 rings (SSSR count). The Labute approximate surface area is 218 Å². The fourth-order valence-electron chi connectivity index (χ4n) is 5.36. The van der Waals surface area contributed by atoms with Crippen molar-refractivity contribution < 1.29 is 9.47 Å². The molecule has 1 unspecified atom stereocenters. The van der Waals surface area contributed by atoms with Gasteiger partial charge in [-0.25, -0.2) is 9.97 Å². The summed E-state index contributed by atoms with van der Waals surface area (Å²) in [5.74, 6) is 1.55. The second-order valence-corrected chi connectivity index (χ2v) is 10.6. The first-order chi connectivity index (χ1) is 17.6. The van der Waals surface area contributed by atoms with Crippen LogP contribution >= 0.6 is 11.6 Å². The summed E-state index contributed by atoms with van der Waals surface area (Å²) < 4.78 is 10.9. The van der Waals surface area contributed by atoms with Crippen LogP contribution < -0.4 is 16.0 Å². The number of rotatable bonds is 8. The third-order valence-corrected chi connectivity index (χ3v) is 7.96. The van der Waals surface area contributed by atoms with E-state index in [1.165, 1.54) is 0 Å². The highest BCUT2D eigenvalue weighted by Gasteiger charge is 2.32. The topological polar surface area (TPSA) is 104 Å². The molecule has 1 atom stereocenters. The first-order valence-corrected chi connectivity index (χ1v) is 13.5. The van der Waals surface area contributed by atoms with Crippen LogP contribution in [0.15, 0.2) is 30.5 Å². The van der Waals surface area contributed by atoms with Gasteiger partial charge in [-0.05, 0) is 63.1 Å². The second kappa shape index (κ2) is 11.7. The normalized spacial score (nSPS) is 25.7. The lowest BCUT2D eigenvalue weighted by atomic mass is 9.82. The Balaban J connectivity index is 1.20. The van der Waals surface area contributed by atoms with E-state index in [9.17, 15) is 5.26 Å². The van der Waals surface area contributed by atoms with Gasteiger partial charge in [-0.15, -0.1) is 0 Å². The molecule has 0 spiro atoms. The number of nitrogens with zero attached hydrogens (tertiary/aromatic N) is 3. The smallest absolute Gasteiger partial charge is 0.126 e. The Morgan fingerprint density at radius 3 is 2.56 bits per heavy atom. The molecule has 3 fully saturated rings. The van der Waals surface area contributed by atoms with Gasteiger partial charge >= 0.3 is 0 Å². The van der Waals surface area contributed by atoms with Crippen molar-refractivity contribution >= 4 is 23.2 Å². The molecule has 192 valence electrons.